The molecule has 0 aliphatic heterocycles. The van der Waals surface area contributed by atoms with Crippen LogP contribution in [0.1, 0.15) is 5.56 Å². The van der Waals surface area contributed by atoms with E-state index in [1.807, 2.05) is 0 Å². The lowest BCUT2D eigenvalue weighted by Gasteiger charge is -2.21. The van der Waals surface area contributed by atoms with Gasteiger partial charge in [0.1, 0.15) is 10.8 Å². The van der Waals surface area contributed by atoms with Gasteiger partial charge in [0.25, 0.3) is 0 Å². The molecule has 17 heavy (non-hydrogen) atoms. The number of carbonyl (C=O) groups excluding carboxylic acids is 1. The number of nitrogens with two attached hydrogens (primary N) is 1. The number of likely N-dealkylation sites (N-methyl/N-ethyl adjacent to an activating group) is 2. The molecular weight excluding hydrogens is 241 g/mol. The first kappa shape index (κ1) is 13.4. The third-order valence-electron chi connectivity index (χ3n) is 2.31. The molecule has 0 fully saturated rings. The Morgan fingerprint density at radius 1 is 1.59 bits per heavy atom. The fraction of sp³-hybridized carbons (Fsp3) is 0.273. The van der Waals surface area contributed by atoms with E-state index < -0.39 is 5.82 Å². The SMILES string of the molecule is CNC(=O)CN(C)c1cccc(F)c1C(N)=S. The highest BCUT2D eigenvalue weighted by molar-refractivity contribution is 7.80. The van der Waals surface area contributed by atoms with E-state index in [1.165, 1.54) is 13.1 Å². The molecule has 6 heteroatoms. The van der Waals surface area contributed by atoms with E-state index >= 15 is 0 Å². The van der Waals surface area contributed by atoms with Crippen LogP contribution in [-0.2, 0) is 4.79 Å². The summed E-state index contributed by atoms with van der Waals surface area (Å²) in [5, 5.41) is 2.49. The van der Waals surface area contributed by atoms with Gasteiger partial charge in [-0.1, -0.05) is 18.3 Å². The molecule has 0 aliphatic rings. The third kappa shape index (κ3) is 3.13. The number of anilines is 1. The van der Waals surface area contributed by atoms with E-state index in [-0.39, 0.29) is 23.0 Å². The molecule has 4 nitrogen and oxygen atoms in total. The fourth-order valence-electron chi connectivity index (χ4n) is 1.45. The van der Waals surface area contributed by atoms with Crippen LogP contribution in [0.3, 0.4) is 0 Å². The van der Waals surface area contributed by atoms with Gasteiger partial charge in [-0.05, 0) is 12.1 Å². The van der Waals surface area contributed by atoms with Crippen molar-refractivity contribution in [3.8, 4) is 0 Å². The predicted octanol–water partition coefficient (Wildman–Crippen LogP) is 0.642. The van der Waals surface area contributed by atoms with Crippen LogP contribution in [0.25, 0.3) is 0 Å². The van der Waals surface area contributed by atoms with Gasteiger partial charge in [0.15, 0.2) is 0 Å². The van der Waals surface area contributed by atoms with E-state index in [1.54, 1.807) is 24.1 Å². The lowest BCUT2D eigenvalue weighted by Crippen LogP contribution is -2.34. The molecule has 1 amide bonds. The summed E-state index contributed by atoms with van der Waals surface area (Å²) in [6, 6.07) is 4.50. The van der Waals surface area contributed by atoms with Crippen molar-refractivity contribution in [2.24, 2.45) is 5.73 Å². The van der Waals surface area contributed by atoms with Crippen LogP contribution in [0.4, 0.5) is 10.1 Å². The maximum absolute atomic E-state index is 13.6. The first-order chi connectivity index (χ1) is 7.97. The van der Waals surface area contributed by atoms with E-state index in [0.29, 0.717) is 5.69 Å². The zero-order valence-electron chi connectivity index (χ0n) is 9.66. The average Bonchev–Trinajstić information content (AvgIpc) is 2.27. The van der Waals surface area contributed by atoms with Crippen molar-refractivity contribution in [1.29, 1.82) is 0 Å². The van der Waals surface area contributed by atoms with Gasteiger partial charge in [0, 0.05) is 14.1 Å². The maximum Gasteiger partial charge on any atom is 0.239 e. The van der Waals surface area contributed by atoms with Crippen LogP contribution < -0.4 is 16.0 Å². The summed E-state index contributed by atoms with van der Waals surface area (Å²) < 4.78 is 13.6. The Morgan fingerprint density at radius 2 is 2.24 bits per heavy atom. The molecule has 0 saturated heterocycles. The number of benzene rings is 1. The highest BCUT2D eigenvalue weighted by atomic mass is 32.1. The van der Waals surface area contributed by atoms with Crippen molar-refractivity contribution in [2.45, 2.75) is 0 Å². The zero-order valence-corrected chi connectivity index (χ0v) is 10.5. The largest absolute Gasteiger partial charge is 0.389 e. The third-order valence-corrected chi connectivity index (χ3v) is 2.51. The first-order valence-corrected chi connectivity index (χ1v) is 5.38. The molecule has 0 spiro atoms. The zero-order chi connectivity index (χ0) is 13.0. The molecule has 0 unspecified atom stereocenters. The van der Waals surface area contributed by atoms with Crippen molar-refractivity contribution in [1.82, 2.24) is 5.32 Å². The van der Waals surface area contributed by atoms with E-state index in [9.17, 15) is 9.18 Å². The van der Waals surface area contributed by atoms with E-state index in [4.69, 9.17) is 18.0 Å². The van der Waals surface area contributed by atoms with Crippen LogP contribution in [0.5, 0.6) is 0 Å². The minimum atomic E-state index is -0.487. The Morgan fingerprint density at radius 3 is 2.76 bits per heavy atom. The number of thiocarbonyl (C=S) groups is 1. The van der Waals surface area contributed by atoms with Gasteiger partial charge in [0.2, 0.25) is 5.91 Å². The van der Waals surface area contributed by atoms with Crippen LogP contribution in [0.2, 0.25) is 0 Å². The number of nitrogens with one attached hydrogen (secondary N) is 1. The highest BCUT2D eigenvalue weighted by Gasteiger charge is 2.15. The van der Waals surface area contributed by atoms with E-state index in [0.717, 1.165) is 0 Å². The molecule has 1 rings (SSSR count). The molecule has 1 aromatic carbocycles. The molecule has 0 radical (unpaired) electrons. The quantitative estimate of drug-likeness (QED) is 0.775. The van der Waals surface area contributed by atoms with E-state index in [2.05, 4.69) is 5.32 Å². The van der Waals surface area contributed by atoms with Crippen molar-refractivity contribution >= 4 is 28.8 Å². The Bertz CT molecular complexity index is 450. The summed E-state index contributed by atoms with van der Waals surface area (Å²) in [5.41, 5.74) is 6.14. The molecule has 0 saturated carbocycles. The summed E-state index contributed by atoms with van der Waals surface area (Å²) >= 11 is 4.81. The number of hydrogen-bond donors (Lipinski definition) is 2. The Hall–Kier alpha value is -1.69. The molecule has 0 heterocycles. The summed E-state index contributed by atoms with van der Waals surface area (Å²) in [6.07, 6.45) is 0. The van der Waals surface area contributed by atoms with Crippen LogP contribution >= 0.6 is 12.2 Å². The number of halogens is 1. The number of nitrogens with zero attached hydrogens (tertiary/aromatic N) is 1. The smallest absolute Gasteiger partial charge is 0.239 e. The molecule has 1 aromatic rings. The Kier molecular flexibility index (Phi) is 4.39. The summed E-state index contributed by atoms with van der Waals surface area (Å²) in [6.45, 7) is 0.107. The normalized spacial score (nSPS) is 9.82. The number of carbonyl (C=O) groups is 1. The molecule has 0 aliphatic carbocycles. The second-order valence-electron chi connectivity index (χ2n) is 3.53. The van der Waals surface area contributed by atoms with Crippen molar-refractivity contribution in [3.63, 3.8) is 0 Å². The number of amides is 1. The van der Waals surface area contributed by atoms with Gasteiger partial charge >= 0.3 is 0 Å². The van der Waals surface area contributed by atoms with Gasteiger partial charge in [-0.25, -0.2) is 4.39 Å². The monoisotopic (exact) mass is 255 g/mol. The van der Waals surface area contributed by atoms with Crippen LogP contribution in [0, 0.1) is 5.82 Å². The van der Waals surface area contributed by atoms with Crippen molar-refractivity contribution in [2.75, 3.05) is 25.5 Å². The minimum Gasteiger partial charge on any atom is -0.389 e. The topological polar surface area (TPSA) is 58.4 Å². The second-order valence-corrected chi connectivity index (χ2v) is 3.97. The molecule has 92 valence electrons. The van der Waals surface area contributed by atoms with Crippen LogP contribution in [-0.4, -0.2) is 31.5 Å². The number of rotatable bonds is 4. The van der Waals surface area contributed by atoms with Gasteiger partial charge < -0.3 is 16.0 Å². The summed E-state index contributed by atoms with van der Waals surface area (Å²) in [7, 11) is 3.21. The number of hydrogen-bond acceptors (Lipinski definition) is 3. The van der Waals surface area contributed by atoms with Crippen molar-refractivity contribution in [3.05, 3.63) is 29.6 Å². The molecule has 0 bridgehead atoms. The molecule has 0 aromatic heterocycles. The van der Waals surface area contributed by atoms with Gasteiger partial charge in [-0.15, -0.1) is 0 Å². The predicted molar refractivity (Wildman–Crippen MR) is 69.6 cm³/mol. The lowest BCUT2D eigenvalue weighted by atomic mass is 10.1. The summed E-state index contributed by atoms with van der Waals surface area (Å²) in [5.74, 6) is -0.663. The Labute approximate surface area is 105 Å². The first-order valence-electron chi connectivity index (χ1n) is 4.97. The Balaban J connectivity index is 3.09. The van der Waals surface area contributed by atoms with Crippen LogP contribution in [0.15, 0.2) is 18.2 Å². The maximum atomic E-state index is 13.6. The lowest BCUT2D eigenvalue weighted by molar-refractivity contribution is -0.119. The molecular formula is C11H14FN3OS. The van der Waals surface area contributed by atoms with Gasteiger partial charge in [-0.2, -0.15) is 0 Å². The van der Waals surface area contributed by atoms with Gasteiger partial charge in [-0.3, -0.25) is 4.79 Å². The molecule has 0 atom stereocenters. The standard InChI is InChI=1S/C11H14FN3OS/c1-14-9(16)6-15(2)8-5-3-4-7(12)10(8)11(13)17/h3-5H,6H2,1-2H3,(H2,13,17)(H,14,16). The fourth-order valence-corrected chi connectivity index (χ4v) is 1.66. The van der Waals surface area contributed by atoms with Gasteiger partial charge in [0.05, 0.1) is 17.8 Å². The summed E-state index contributed by atoms with van der Waals surface area (Å²) in [4.78, 5) is 12.8. The average molecular weight is 255 g/mol. The second kappa shape index (κ2) is 5.58. The minimum absolute atomic E-state index is 0.0261. The highest BCUT2D eigenvalue weighted by Crippen LogP contribution is 2.21. The molecule has 3 N–H and O–H groups in total. The van der Waals surface area contributed by atoms with Crippen molar-refractivity contribution < 1.29 is 9.18 Å².